The molecule has 1 aliphatic rings. The van der Waals surface area contributed by atoms with E-state index in [9.17, 15) is 0 Å². The molecule has 1 atom stereocenters. The molecule has 2 rings (SSSR count). The molecular weight excluding hydrogens is 216 g/mol. The molecule has 1 aromatic heterocycles. The summed E-state index contributed by atoms with van der Waals surface area (Å²) in [7, 11) is 0. The molecule has 1 saturated heterocycles. The number of thiophene rings is 1. The van der Waals surface area contributed by atoms with Crippen molar-refractivity contribution in [2.24, 2.45) is 0 Å². The molecule has 0 spiro atoms. The fourth-order valence-electron chi connectivity index (χ4n) is 1.99. The van der Waals surface area contributed by atoms with Crippen LogP contribution in [0.2, 0.25) is 0 Å². The fraction of sp³-hybridized carbons (Fsp3) is 0.462. The molecule has 1 fully saturated rings. The van der Waals surface area contributed by atoms with Gasteiger partial charge in [0.1, 0.15) is 0 Å². The zero-order chi connectivity index (χ0) is 11.2. The topological polar surface area (TPSA) is 35.9 Å². The number of hydrogen-bond acceptors (Lipinski definition) is 2. The Kier molecular flexibility index (Phi) is 4.17. The minimum Gasteiger partial charge on any atom is -0.371 e. The Bertz CT molecular complexity index is 354. The van der Waals surface area contributed by atoms with Crippen molar-refractivity contribution in [2.45, 2.75) is 38.1 Å². The first-order valence-corrected chi connectivity index (χ1v) is 6.76. The molecule has 2 heterocycles. The van der Waals surface area contributed by atoms with Crippen LogP contribution in [0.25, 0.3) is 6.08 Å². The summed E-state index contributed by atoms with van der Waals surface area (Å²) in [4.78, 5) is 1.31. The Morgan fingerprint density at radius 2 is 2.44 bits per heavy atom. The van der Waals surface area contributed by atoms with E-state index in [1.54, 1.807) is 11.3 Å². The van der Waals surface area contributed by atoms with E-state index in [0.29, 0.717) is 11.9 Å². The molecule has 0 aliphatic carbocycles. The van der Waals surface area contributed by atoms with Crippen molar-refractivity contribution < 1.29 is 0 Å². The van der Waals surface area contributed by atoms with E-state index >= 15 is 0 Å². The van der Waals surface area contributed by atoms with Gasteiger partial charge in [-0.2, -0.15) is 0 Å². The van der Waals surface area contributed by atoms with Crippen LogP contribution in [-0.4, -0.2) is 11.9 Å². The summed E-state index contributed by atoms with van der Waals surface area (Å²) in [5.41, 5.74) is 0. The Morgan fingerprint density at radius 3 is 3.25 bits per heavy atom. The summed E-state index contributed by atoms with van der Waals surface area (Å²) in [5.74, 6) is 0.715. The van der Waals surface area contributed by atoms with Gasteiger partial charge in [0, 0.05) is 17.3 Å². The molecule has 1 unspecified atom stereocenters. The fourth-order valence-corrected chi connectivity index (χ4v) is 2.64. The molecule has 0 aromatic carbocycles. The van der Waals surface area contributed by atoms with E-state index in [0.717, 1.165) is 19.3 Å². The Labute approximate surface area is 101 Å². The maximum atomic E-state index is 7.70. The largest absolute Gasteiger partial charge is 0.371 e. The van der Waals surface area contributed by atoms with E-state index in [4.69, 9.17) is 5.41 Å². The van der Waals surface area contributed by atoms with Gasteiger partial charge < -0.3 is 5.32 Å². The predicted octanol–water partition coefficient (Wildman–Crippen LogP) is 3.66. The minimum absolute atomic E-state index is 0.464. The zero-order valence-electron chi connectivity index (χ0n) is 9.41. The summed E-state index contributed by atoms with van der Waals surface area (Å²) in [6.45, 7) is 0. The SMILES string of the molecule is N=C1CCCCC(CC=Cc2cccs2)N1. The lowest BCUT2D eigenvalue weighted by atomic mass is 10.1. The van der Waals surface area contributed by atoms with Gasteiger partial charge in [-0.05, 0) is 36.8 Å². The summed E-state index contributed by atoms with van der Waals surface area (Å²) >= 11 is 1.76. The maximum Gasteiger partial charge on any atom is 0.0933 e. The standard InChI is InChI=1S/C13H18N2S/c14-13-9-2-1-5-11(15-13)6-3-7-12-8-4-10-16-12/h3-4,7-8,10-11H,1-2,5-6,9H2,(H2,14,15). The van der Waals surface area contributed by atoms with Crippen LogP contribution in [0.3, 0.4) is 0 Å². The van der Waals surface area contributed by atoms with Crippen molar-refractivity contribution in [2.75, 3.05) is 0 Å². The van der Waals surface area contributed by atoms with Crippen molar-refractivity contribution in [1.82, 2.24) is 5.32 Å². The summed E-state index contributed by atoms with van der Waals surface area (Å²) in [5, 5.41) is 13.1. The maximum absolute atomic E-state index is 7.70. The van der Waals surface area contributed by atoms with Crippen LogP contribution in [0.15, 0.2) is 23.6 Å². The number of nitrogens with one attached hydrogen (secondary N) is 2. The van der Waals surface area contributed by atoms with Crippen LogP contribution >= 0.6 is 11.3 Å². The highest BCUT2D eigenvalue weighted by Gasteiger charge is 2.12. The highest BCUT2D eigenvalue weighted by Crippen LogP contribution is 2.15. The smallest absolute Gasteiger partial charge is 0.0933 e. The summed E-state index contributed by atoms with van der Waals surface area (Å²) in [6.07, 6.45) is 9.95. The second-order valence-electron chi connectivity index (χ2n) is 4.22. The second kappa shape index (κ2) is 5.85. The predicted molar refractivity (Wildman–Crippen MR) is 71.1 cm³/mol. The van der Waals surface area contributed by atoms with Crippen molar-refractivity contribution in [3.8, 4) is 0 Å². The third-order valence-electron chi connectivity index (χ3n) is 2.85. The van der Waals surface area contributed by atoms with Gasteiger partial charge in [0.25, 0.3) is 0 Å². The minimum atomic E-state index is 0.464. The average Bonchev–Trinajstić information content (AvgIpc) is 2.69. The molecular formula is C13H18N2S. The molecule has 0 radical (unpaired) electrons. The van der Waals surface area contributed by atoms with Gasteiger partial charge >= 0.3 is 0 Å². The van der Waals surface area contributed by atoms with E-state index in [-0.39, 0.29) is 0 Å². The van der Waals surface area contributed by atoms with Gasteiger partial charge in [0.15, 0.2) is 0 Å². The summed E-state index contributed by atoms with van der Waals surface area (Å²) < 4.78 is 0. The quantitative estimate of drug-likeness (QED) is 0.822. The van der Waals surface area contributed by atoms with Crippen molar-refractivity contribution in [3.63, 3.8) is 0 Å². The van der Waals surface area contributed by atoms with E-state index in [1.165, 1.54) is 17.7 Å². The summed E-state index contributed by atoms with van der Waals surface area (Å²) in [6, 6.07) is 4.67. The second-order valence-corrected chi connectivity index (χ2v) is 5.20. The van der Waals surface area contributed by atoms with E-state index in [2.05, 4.69) is 35.0 Å². The molecule has 0 amide bonds. The van der Waals surface area contributed by atoms with Crippen LogP contribution in [0.1, 0.15) is 37.0 Å². The molecule has 86 valence electrons. The van der Waals surface area contributed by atoms with Crippen molar-refractivity contribution >= 4 is 23.2 Å². The average molecular weight is 234 g/mol. The zero-order valence-corrected chi connectivity index (χ0v) is 10.2. The van der Waals surface area contributed by atoms with Gasteiger partial charge in [-0.25, -0.2) is 0 Å². The van der Waals surface area contributed by atoms with E-state index < -0.39 is 0 Å². The molecule has 2 N–H and O–H groups in total. The number of hydrogen-bond donors (Lipinski definition) is 2. The highest BCUT2D eigenvalue weighted by atomic mass is 32.1. The van der Waals surface area contributed by atoms with Gasteiger partial charge in [-0.15, -0.1) is 11.3 Å². The van der Waals surface area contributed by atoms with Crippen molar-refractivity contribution in [1.29, 1.82) is 5.41 Å². The lowest BCUT2D eigenvalue weighted by molar-refractivity contribution is 0.558. The molecule has 3 heteroatoms. The van der Waals surface area contributed by atoms with Crippen LogP contribution < -0.4 is 5.32 Å². The monoisotopic (exact) mass is 234 g/mol. The van der Waals surface area contributed by atoms with Crippen molar-refractivity contribution in [3.05, 3.63) is 28.5 Å². The lowest BCUT2D eigenvalue weighted by Crippen LogP contribution is -2.31. The number of rotatable bonds is 3. The Morgan fingerprint density at radius 1 is 1.50 bits per heavy atom. The molecule has 16 heavy (non-hydrogen) atoms. The van der Waals surface area contributed by atoms with E-state index in [1.807, 2.05) is 0 Å². The highest BCUT2D eigenvalue weighted by molar-refractivity contribution is 7.10. The Balaban J connectivity index is 1.82. The van der Waals surface area contributed by atoms with Crippen LogP contribution in [0, 0.1) is 5.41 Å². The molecule has 0 bridgehead atoms. The lowest BCUT2D eigenvalue weighted by Gasteiger charge is -2.14. The first kappa shape index (κ1) is 11.4. The van der Waals surface area contributed by atoms with Crippen LogP contribution in [0.4, 0.5) is 0 Å². The molecule has 2 nitrogen and oxygen atoms in total. The normalized spacial score (nSPS) is 22.0. The molecule has 1 aromatic rings. The first-order valence-electron chi connectivity index (χ1n) is 5.88. The van der Waals surface area contributed by atoms with Gasteiger partial charge in [-0.1, -0.05) is 18.6 Å². The molecule has 1 aliphatic heterocycles. The van der Waals surface area contributed by atoms with Gasteiger partial charge in [0.2, 0.25) is 0 Å². The third kappa shape index (κ3) is 3.49. The van der Waals surface area contributed by atoms with Crippen LogP contribution in [-0.2, 0) is 0 Å². The van der Waals surface area contributed by atoms with Crippen LogP contribution in [0.5, 0.6) is 0 Å². The third-order valence-corrected chi connectivity index (χ3v) is 3.69. The Hall–Kier alpha value is -1.09. The number of amidine groups is 1. The van der Waals surface area contributed by atoms with Gasteiger partial charge in [0.05, 0.1) is 5.84 Å². The molecule has 0 saturated carbocycles. The van der Waals surface area contributed by atoms with Gasteiger partial charge in [-0.3, -0.25) is 5.41 Å². The first-order chi connectivity index (χ1) is 7.84.